The van der Waals surface area contributed by atoms with Crippen molar-refractivity contribution in [2.24, 2.45) is 0 Å². The lowest BCUT2D eigenvalue weighted by Gasteiger charge is -2.16. The molecular formula is C13H15N3O2S. The Morgan fingerprint density at radius 1 is 1.42 bits per heavy atom. The van der Waals surface area contributed by atoms with E-state index in [1.54, 1.807) is 12.4 Å². The minimum absolute atomic E-state index is 0.238. The van der Waals surface area contributed by atoms with Crippen LogP contribution in [0.4, 0.5) is 5.13 Å². The zero-order chi connectivity index (χ0) is 13.8. The quantitative estimate of drug-likeness (QED) is 0.932. The van der Waals surface area contributed by atoms with Crippen LogP contribution in [0.3, 0.4) is 0 Å². The minimum atomic E-state index is -0.593. The van der Waals surface area contributed by atoms with Crippen LogP contribution in [0.1, 0.15) is 18.1 Å². The van der Waals surface area contributed by atoms with Crippen LogP contribution in [0.25, 0.3) is 0 Å². The molecule has 0 saturated carbocycles. The summed E-state index contributed by atoms with van der Waals surface area (Å²) in [6, 6.07) is 5.78. The Hall–Kier alpha value is -1.95. The van der Waals surface area contributed by atoms with Crippen molar-refractivity contribution in [2.45, 2.75) is 26.9 Å². The van der Waals surface area contributed by atoms with Crippen molar-refractivity contribution in [2.75, 3.05) is 5.32 Å². The predicted octanol–water partition coefficient (Wildman–Crippen LogP) is 2.56. The first-order valence-electron chi connectivity index (χ1n) is 5.88. The van der Waals surface area contributed by atoms with Gasteiger partial charge in [0.05, 0.1) is 0 Å². The third-order valence-corrected chi connectivity index (χ3v) is 3.42. The summed E-state index contributed by atoms with van der Waals surface area (Å²) in [5.74, 6) is 0.484. The van der Waals surface area contributed by atoms with E-state index < -0.39 is 6.10 Å². The van der Waals surface area contributed by atoms with Crippen LogP contribution in [0, 0.1) is 13.8 Å². The third kappa shape index (κ3) is 3.29. The molecule has 0 aliphatic heterocycles. The Kier molecular flexibility index (Phi) is 4.11. The van der Waals surface area contributed by atoms with E-state index in [2.05, 4.69) is 15.5 Å². The molecule has 6 heteroatoms. The van der Waals surface area contributed by atoms with Crippen LogP contribution >= 0.6 is 11.3 Å². The molecule has 5 nitrogen and oxygen atoms in total. The van der Waals surface area contributed by atoms with Crippen molar-refractivity contribution in [3.05, 3.63) is 34.8 Å². The number of anilines is 1. The number of nitrogens with one attached hydrogen (secondary N) is 1. The number of amides is 1. The van der Waals surface area contributed by atoms with Gasteiger partial charge in [0.1, 0.15) is 11.3 Å². The molecule has 0 spiro atoms. The van der Waals surface area contributed by atoms with Crippen molar-refractivity contribution in [3.8, 4) is 5.75 Å². The van der Waals surface area contributed by atoms with Crippen molar-refractivity contribution >= 4 is 22.4 Å². The SMILES string of the molecule is Cc1cccc(O[C@@H](C)C(=O)Nc2nncs2)c1C. The molecule has 1 aromatic carbocycles. The van der Waals surface area contributed by atoms with Gasteiger partial charge in [-0.3, -0.25) is 10.1 Å². The van der Waals surface area contributed by atoms with E-state index in [1.807, 2.05) is 32.0 Å². The number of carbonyl (C=O) groups excluding carboxylic acids is 1. The number of aromatic nitrogens is 2. The molecule has 2 aromatic rings. The first kappa shape index (κ1) is 13.5. The number of nitrogens with zero attached hydrogens (tertiary/aromatic N) is 2. The zero-order valence-corrected chi connectivity index (χ0v) is 11.8. The van der Waals surface area contributed by atoms with Gasteiger partial charge in [-0.2, -0.15) is 0 Å². The molecule has 0 aliphatic rings. The van der Waals surface area contributed by atoms with Gasteiger partial charge in [0.2, 0.25) is 5.13 Å². The van der Waals surface area contributed by atoms with Crippen molar-refractivity contribution in [1.82, 2.24) is 10.2 Å². The second kappa shape index (κ2) is 5.79. The molecule has 0 unspecified atom stereocenters. The lowest BCUT2D eigenvalue weighted by molar-refractivity contribution is -0.122. The molecule has 19 heavy (non-hydrogen) atoms. The molecule has 1 atom stereocenters. The number of benzene rings is 1. The van der Waals surface area contributed by atoms with E-state index in [4.69, 9.17) is 4.74 Å². The maximum atomic E-state index is 11.9. The Labute approximate surface area is 115 Å². The smallest absolute Gasteiger partial charge is 0.266 e. The number of carbonyl (C=O) groups is 1. The zero-order valence-electron chi connectivity index (χ0n) is 11.0. The average molecular weight is 277 g/mol. The van der Waals surface area contributed by atoms with Crippen LogP contribution in [-0.4, -0.2) is 22.2 Å². The summed E-state index contributed by atoms with van der Waals surface area (Å²) in [6.07, 6.45) is -0.593. The molecule has 1 N–H and O–H groups in total. The average Bonchev–Trinajstić information content (AvgIpc) is 2.87. The van der Waals surface area contributed by atoms with Gasteiger partial charge in [-0.05, 0) is 38.0 Å². The van der Waals surface area contributed by atoms with Gasteiger partial charge in [0.25, 0.3) is 5.91 Å². The summed E-state index contributed by atoms with van der Waals surface area (Å²) in [5.41, 5.74) is 3.73. The summed E-state index contributed by atoms with van der Waals surface area (Å²) < 4.78 is 5.68. The van der Waals surface area contributed by atoms with Crippen molar-refractivity contribution in [1.29, 1.82) is 0 Å². The van der Waals surface area contributed by atoms with Gasteiger partial charge in [-0.25, -0.2) is 0 Å². The van der Waals surface area contributed by atoms with Crippen molar-refractivity contribution in [3.63, 3.8) is 0 Å². The number of hydrogen-bond donors (Lipinski definition) is 1. The van der Waals surface area contributed by atoms with Crippen LogP contribution in [0.5, 0.6) is 5.75 Å². The first-order chi connectivity index (χ1) is 9.08. The molecule has 1 amide bonds. The fraction of sp³-hybridized carbons (Fsp3) is 0.308. The lowest BCUT2D eigenvalue weighted by Crippen LogP contribution is -2.30. The number of hydrogen-bond acceptors (Lipinski definition) is 5. The van der Waals surface area contributed by atoms with Crippen LogP contribution < -0.4 is 10.1 Å². The van der Waals surface area contributed by atoms with E-state index in [1.165, 1.54) is 11.3 Å². The maximum absolute atomic E-state index is 11.9. The summed E-state index contributed by atoms with van der Waals surface area (Å²) in [4.78, 5) is 11.9. The summed E-state index contributed by atoms with van der Waals surface area (Å²) >= 11 is 1.27. The lowest BCUT2D eigenvalue weighted by atomic mass is 10.1. The molecule has 2 rings (SSSR count). The van der Waals surface area contributed by atoms with Gasteiger partial charge in [0, 0.05) is 0 Å². The normalized spacial score (nSPS) is 11.9. The van der Waals surface area contributed by atoms with E-state index in [9.17, 15) is 4.79 Å². The van der Waals surface area contributed by atoms with Crippen LogP contribution in [0.2, 0.25) is 0 Å². The largest absolute Gasteiger partial charge is 0.481 e. The van der Waals surface area contributed by atoms with Gasteiger partial charge in [0.15, 0.2) is 6.10 Å². The molecule has 0 fully saturated rings. The van der Waals surface area contributed by atoms with Crippen LogP contribution in [0.15, 0.2) is 23.7 Å². The highest BCUT2D eigenvalue weighted by molar-refractivity contribution is 7.13. The third-order valence-electron chi connectivity index (χ3n) is 2.82. The number of ether oxygens (including phenoxy) is 1. The second-order valence-electron chi connectivity index (χ2n) is 4.19. The molecule has 0 saturated heterocycles. The Bertz CT molecular complexity index is 569. The highest BCUT2D eigenvalue weighted by Gasteiger charge is 2.17. The fourth-order valence-corrected chi connectivity index (χ4v) is 1.98. The first-order valence-corrected chi connectivity index (χ1v) is 6.76. The monoisotopic (exact) mass is 277 g/mol. The van der Waals surface area contributed by atoms with Crippen molar-refractivity contribution < 1.29 is 9.53 Å². The molecule has 0 radical (unpaired) electrons. The molecule has 0 bridgehead atoms. The highest BCUT2D eigenvalue weighted by Crippen LogP contribution is 2.22. The summed E-state index contributed by atoms with van der Waals surface area (Å²) in [5, 5.41) is 10.5. The minimum Gasteiger partial charge on any atom is -0.481 e. The van der Waals surface area contributed by atoms with Gasteiger partial charge >= 0.3 is 0 Å². The topological polar surface area (TPSA) is 64.1 Å². The number of rotatable bonds is 4. The van der Waals surface area contributed by atoms with Gasteiger partial charge in [-0.15, -0.1) is 10.2 Å². The van der Waals surface area contributed by atoms with E-state index in [0.717, 1.165) is 16.9 Å². The Balaban J connectivity index is 2.02. The van der Waals surface area contributed by atoms with E-state index >= 15 is 0 Å². The molecule has 1 aromatic heterocycles. The molecule has 100 valence electrons. The number of aryl methyl sites for hydroxylation is 1. The standard InChI is InChI=1S/C13H15N3O2S/c1-8-5-4-6-11(9(8)2)18-10(3)12(17)15-13-16-14-7-19-13/h4-7,10H,1-3H3,(H,15,16,17)/t10-/m0/s1. The summed E-state index contributed by atoms with van der Waals surface area (Å²) in [7, 11) is 0. The highest BCUT2D eigenvalue weighted by atomic mass is 32.1. The van der Waals surface area contributed by atoms with Gasteiger partial charge in [-0.1, -0.05) is 23.5 Å². The summed E-state index contributed by atoms with van der Waals surface area (Å²) in [6.45, 7) is 5.69. The molecule has 0 aliphatic carbocycles. The Morgan fingerprint density at radius 3 is 2.89 bits per heavy atom. The van der Waals surface area contributed by atoms with E-state index in [0.29, 0.717) is 5.13 Å². The Morgan fingerprint density at radius 2 is 2.21 bits per heavy atom. The van der Waals surface area contributed by atoms with E-state index in [-0.39, 0.29) is 5.91 Å². The predicted molar refractivity (Wildman–Crippen MR) is 74.5 cm³/mol. The fourth-order valence-electron chi connectivity index (χ4n) is 1.53. The van der Waals surface area contributed by atoms with Crippen LogP contribution in [-0.2, 0) is 4.79 Å². The second-order valence-corrected chi connectivity index (χ2v) is 5.02. The molecule has 1 heterocycles. The maximum Gasteiger partial charge on any atom is 0.266 e. The molecular weight excluding hydrogens is 262 g/mol. The van der Waals surface area contributed by atoms with Gasteiger partial charge < -0.3 is 4.74 Å².